The van der Waals surface area contributed by atoms with Crippen LogP contribution in [0.15, 0.2) is 63.0 Å². The summed E-state index contributed by atoms with van der Waals surface area (Å²) in [6.07, 6.45) is 1.79. The van der Waals surface area contributed by atoms with Gasteiger partial charge in [0.05, 0.1) is 15.8 Å². The first-order valence-corrected chi connectivity index (χ1v) is 11.4. The molecule has 0 spiro atoms. The Morgan fingerprint density at radius 1 is 1.03 bits per heavy atom. The van der Waals surface area contributed by atoms with Crippen LogP contribution in [0, 0.1) is 0 Å². The summed E-state index contributed by atoms with van der Waals surface area (Å²) < 4.78 is 30.2. The SMILES string of the molecule is Cn1c(=O)n(CC(=O)N2CCCC2)c(=O)c2cc(S(=O)(=O)Nc3ccccc3)ccc21. The number of fused-ring (bicyclic) bond motifs is 1. The minimum Gasteiger partial charge on any atom is -0.341 e. The predicted molar refractivity (Wildman–Crippen MR) is 117 cm³/mol. The van der Waals surface area contributed by atoms with Gasteiger partial charge in [-0.1, -0.05) is 18.2 Å². The van der Waals surface area contributed by atoms with E-state index >= 15 is 0 Å². The first kappa shape index (κ1) is 20.9. The van der Waals surface area contributed by atoms with E-state index in [1.54, 1.807) is 35.2 Å². The zero-order valence-corrected chi connectivity index (χ0v) is 17.8. The normalized spacial score (nSPS) is 14.2. The van der Waals surface area contributed by atoms with Crippen molar-refractivity contribution in [3.63, 3.8) is 0 Å². The van der Waals surface area contributed by atoms with Crippen LogP contribution < -0.4 is 16.0 Å². The second-order valence-corrected chi connectivity index (χ2v) is 9.15. The molecule has 2 aromatic carbocycles. The maximum atomic E-state index is 13.1. The number of rotatable bonds is 5. The summed E-state index contributed by atoms with van der Waals surface area (Å²) in [6.45, 7) is 0.838. The molecule has 4 rings (SSSR count). The molecule has 1 aliphatic rings. The predicted octanol–water partition coefficient (Wildman–Crippen LogP) is 1.12. The van der Waals surface area contributed by atoms with Gasteiger partial charge in [0.2, 0.25) is 5.91 Å². The summed E-state index contributed by atoms with van der Waals surface area (Å²) in [7, 11) is -2.47. The van der Waals surface area contributed by atoms with Crippen LogP contribution in [-0.4, -0.2) is 41.4 Å². The minimum absolute atomic E-state index is 0.0484. The third-order valence-electron chi connectivity index (χ3n) is 5.41. The Morgan fingerprint density at radius 2 is 1.71 bits per heavy atom. The molecule has 162 valence electrons. The molecular formula is C21H22N4O5S. The highest BCUT2D eigenvalue weighted by Crippen LogP contribution is 2.19. The molecule has 0 saturated carbocycles. The van der Waals surface area contributed by atoms with E-state index in [1.807, 2.05) is 0 Å². The monoisotopic (exact) mass is 442 g/mol. The molecule has 31 heavy (non-hydrogen) atoms. The van der Waals surface area contributed by atoms with Crippen LogP contribution in [0.4, 0.5) is 5.69 Å². The average Bonchev–Trinajstić information content (AvgIpc) is 3.30. The van der Waals surface area contributed by atoms with E-state index in [2.05, 4.69) is 4.72 Å². The molecule has 9 nitrogen and oxygen atoms in total. The largest absolute Gasteiger partial charge is 0.341 e. The standard InChI is InChI=1S/C21H22N4O5S/c1-23-18-10-9-16(31(29,30)22-15-7-3-2-4-8-15)13-17(18)20(27)25(21(23)28)14-19(26)24-11-5-6-12-24/h2-4,7-10,13,22H,5-6,11-12,14H2,1H3. The molecule has 10 heteroatoms. The number of hydrogen-bond donors (Lipinski definition) is 1. The van der Waals surface area contributed by atoms with Crippen molar-refractivity contribution >= 4 is 32.5 Å². The highest BCUT2D eigenvalue weighted by atomic mass is 32.2. The summed E-state index contributed by atoms with van der Waals surface area (Å²) >= 11 is 0. The van der Waals surface area contributed by atoms with Crippen molar-refractivity contribution in [1.82, 2.24) is 14.0 Å². The second kappa shape index (κ2) is 8.03. The van der Waals surface area contributed by atoms with Crippen LogP contribution in [0.5, 0.6) is 0 Å². The number of amides is 1. The number of anilines is 1. The quantitative estimate of drug-likeness (QED) is 0.637. The third kappa shape index (κ3) is 3.98. The molecule has 1 aliphatic heterocycles. The van der Waals surface area contributed by atoms with E-state index in [0.29, 0.717) is 24.3 Å². The maximum Gasteiger partial charge on any atom is 0.331 e. The van der Waals surface area contributed by atoms with Crippen molar-refractivity contribution in [1.29, 1.82) is 0 Å². The molecule has 1 amide bonds. The fraction of sp³-hybridized carbons (Fsp3) is 0.286. The highest BCUT2D eigenvalue weighted by Gasteiger charge is 2.22. The van der Waals surface area contributed by atoms with Gasteiger partial charge in [-0.05, 0) is 43.2 Å². The van der Waals surface area contributed by atoms with Crippen molar-refractivity contribution < 1.29 is 13.2 Å². The molecule has 3 aromatic rings. The van der Waals surface area contributed by atoms with Gasteiger partial charge in [-0.15, -0.1) is 0 Å². The number of aryl methyl sites for hydroxylation is 1. The second-order valence-electron chi connectivity index (χ2n) is 7.47. The number of aromatic nitrogens is 2. The van der Waals surface area contributed by atoms with E-state index < -0.39 is 21.3 Å². The Bertz CT molecular complexity index is 1370. The van der Waals surface area contributed by atoms with Gasteiger partial charge in [-0.3, -0.25) is 23.4 Å². The van der Waals surface area contributed by atoms with Gasteiger partial charge in [-0.2, -0.15) is 0 Å². The number of sulfonamides is 1. The zero-order valence-electron chi connectivity index (χ0n) is 16.9. The van der Waals surface area contributed by atoms with Crippen molar-refractivity contribution in [2.75, 3.05) is 17.8 Å². The topological polar surface area (TPSA) is 110 Å². The number of nitrogens with one attached hydrogen (secondary N) is 1. The molecule has 0 atom stereocenters. The first-order valence-electron chi connectivity index (χ1n) is 9.87. The summed E-state index contributed by atoms with van der Waals surface area (Å²) in [5.41, 5.74) is -0.638. The van der Waals surface area contributed by atoms with E-state index in [4.69, 9.17) is 0 Å². The summed E-state index contributed by atoms with van der Waals surface area (Å²) in [5, 5.41) is 0.0484. The van der Waals surface area contributed by atoms with E-state index in [0.717, 1.165) is 17.4 Å². The van der Waals surface area contributed by atoms with Crippen molar-refractivity contribution in [2.45, 2.75) is 24.3 Å². The van der Waals surface area contributed by atoms with Crippen LogP contribution >= 0.6 is 0 Å². The number of carbonyl (C=O) groups excluding carboxylic acids is 1. The van der Waals surface area contributed by atoms with Crippen molar-refractivity contribution in [3.05, 3.63) is 69.4 Å². The molecule has 1 aromatic heterocycles. The van der Waals surface area contributed by atoms with Crippen LogP contribution in [-0.2, 0) is 28.4 Å². The van der Waals surface area contributed by atoms with Crippen molar-refractivity contribution in [2.24, 2.45) is 7.05 Å². The summed E-state index contributed by atoms with van der Waals surface area (Å²) in [6, 6.07) is 12.4. The van der Waals surface area contributed by atoms with Crippen LogP contribution in [0.25, 0.3) is 10.9 Å². The van der Waals surface area contributed by atoms with Gasteiger partial charge in [0, 0.05) is 25.8 Å². The smallest absolute Gasteiger partial charge is 0.331 e. The van der Waals surface area contributed by atoms with Crippen LogP contribution in [0.2, 0.25) is 0 Å². The molecule has 1 fully saturated rings. The fourth-order valence-corrected chi connectivity index (χ4v) is 4.81. The van der Waals surface area contributed by atoms with Gasteiger partial charge in [0.25, 0.3) is 15.6 Å². The summed E-state index contributed by atoms with van der Waals surface area (Å²) in [4.78, 5) is 39.8. The number of hydrogen-bond acceptors (Lipinski definition) is 5. The lowest BCUT2D eigenvalue weighted by molar-refractivity contribution is -0.130. The molecule has 0 radical (unpaired) electrons. The molecule has 2 heterocycles. The lowest BCUT2D eigenvalue weighted by Gasteiger charge is -2.17. The Morgan fingerprint density at radius 3 is 2.39 bits per heavy atom. The number of likely N-dealkylation sites (tertiary alicyclic amines) is 1. The summed E-state index contributed by atoms with van der Waals surface area (Å²) in [5.74, 6) is -0.300. The lowest BCUT2D eigenvalue weighted by Crippen LogP contribution is -2.43. The van der Waals surface area contributed by atoms with E-state index in [1.165, 1.54) is 29.8 Å². The average molecular weight is 442 g/mol. The van der Waals surface area contributed by atoms with E-state index in [-0.39, 0.29) is 22.7 Å². The first-order chi connectivity index (χ1) is 14.8. The Balaban J connectivity index is 1.77. The Labute approximate surface area is 178 Å². The number of carbonyl (C=O) groups is 1. The van der Waals surface area contributed by atoms with Gasteiger partial charge in [-0.25, -0.2) is 13.2 Å². The fourth-order valence-electron chi connectivity index (χ4n) is 3.72. The number of nitrogens with zero attached hydrogens (tertiary/aromatic N) is 3. The zero-order chi connectivity index (χ0) is 22.2. The molecule has 0 unspecified atom stereocenters. The molecule has 0 aliphatic carbocycles. The minimum atomic E-state index is -3.95. The van der Waals surface area contributed by atoms with Gasteiger partial charge >= 0.3 is 5.69 Å². The highest BCUT2D eigenvalue weighted by molar-refractivity contribution is 7.92. The van der Waals surface area contributed by atoms with Crippen LogP contribution in [0.1, 0.15) is 12.8 Å². The van der Waals surface area contributed by atoms with Gasteiger partial charge in [0.15, 0.2) is 0 Å². The van der Waals surface area contributed by atoms with Gasteiger partial charge < -0.3 is 4.90 Å². The lowest BCUT2D eigenvalue weighted by atomic mass is 10.2. The molecule has 1 saturated heterocycles. The van der Waals surface area contributed by atoms with Crippen molar-refractivity contribution in [3.8, 4) is 0 Å². The Kier molecular flexibility index (Phi) is 5.40. The number of para-hydroxylation sites is 1. The maximum absolute atomic E-state index is 13.1. The van der Waals surface area contributed by atoms with Crippen LogP contribution in [0.3, 0.4) is 0 Å². The molecule has 0 bridgehead atoms. The van der Waals surface area contributed by atoms with E-state index in [9.17, 15) is 22.8 Å². The van der Waals surface area contributed by atoms with Gasteiger partial charge in [0.1, 0.15) is 6.54 Å². The Hall–Kier alpha value is -3.40. The molecular weight excluding hydrogens is 420 g/mol. The third-order valence-corrected chi connectivity index (χ3v) is 6.79. The molecule has 1 N–H and O–H groups in total. The number of benzene rings is 2.